The number of piperidine rings is 1. The van der Waals surface area contributed by atoms with Crippen LogP contribution in [-0.4, -0.2) is 55.7 Å². The Balaban J connectivity index is 1.64. The molecule has 2 N–H and O–H groups in total. The first kappa shape index (κ1) is 22.3. The van der Waals surface area contributed by atoms with Crippen LogP contribution >= 0.6 is 11.6 Å². The van der Waals surface area contributed by atoms with Gasteiger partial charge < -0.3 is 15.3 Å². The van der Waals surface area contributed by atoms with Gasteiger partial charge in [-0.05, 0) is 61.2 Å². The van der Waals surface area contributed by atoms with Crippen molar-refractivity contribution in [3.05, 3.63) is 59.1 Å². The highest BCUT2D eigenvalue weighted by Gasteiger charge is 2.24. The minimum absolute atomic E-state index is 0.0114. The number of likely N-dealkylation sites (tertiary alicyclic amines) is 1. The third-order valence-electron chi connectivity index (χ3n) is 5.05. The van der Waals surface area contributed by atoms with Crippen molar-refractivity contribution in [2.24, 2.45) is 5.92 Å². The molecule has 0 bridgehead atoms. The molecule has 9 heteroatoms. The van der Waals surface area contributed by atoms with Crippen LogP contribution in [0.25, 0.3) is 0 Å². The van der Waals surface area contributed by atoms with Crippen LogP contribution in [0.3, 0.4) is 0 Å². The lowest BCUT2D eigenvalue weighted by Crippen LogP contribution is -2.39. The van der Waals surface area contributed by atoms with Crippen LogP contribution in [0.5, 0.6) is 0 Å². The number of anilines is 1. The second-order valence-corrected chi connectivity index (χ2v) is 9.69. The predicted octanol–water partition coefficient (Wildman–Crippen LogP) is 2.60. The van der Waals surface area contributed by atoms with E-state index in [9.17, 15) is 23.1 Å². The molecule has 7 nitrogen and oxygen atoms in total. The van der Waals surface area contributed by atoms with Gasteiger partial charge in [-0.25, -0.2) is 8.42 Å². The molecule has 0 saturated carbocycles. The molecule has 0 aromatic heterocycles. The lowest BCUT2D eigenvalue weighted by atomic mass is 9.97. The number of carbonyl (C=O) groups is 2. The zero-order valence-corrected chi connectivity index (χ0v) is 17.8. The monoisotopic (exact) mass is 450 g/mol. The summed E-state index contributed by atoms with van der Waals surface area (Å²) in [5, 5.41) is 12.2. The van der Waals surface area contributed by atoms with E-state index in [4.69, 9.17) is 11.6 Å². The van der Waals surface area contributed by atoms with Crippen LogP contribution in [0.2, 0.25) is 5.02 Å². The Bertz CT molecular complexity index is 1020. The van der Waals surface area contributed by atoms with E-state index in [-0.39, 0.29) is 23.3 Å². The maximum absolute atomic E-state index is 12.7. The Hall–Kier alpha value is -2.42. The fourth-order valence-electron chi connectivity index (χ4n) is 3.33. The van der Waals surface area contributed by atoms with Crippen molar-refractivity contribution in [1.82, 2.24) is 4.90 Å². The number of hydrogen-bond donors (Lipinski definition) is 2. The van der Waals surface area contributed by atoms with Crippen LogP contribution in [-0.2, 0) is 14.6 Å². The van der Waals surface area contributed by atoms with E-state index < -0.39 is 21.5 Å². The van der Waals surface area contributed by atoms with Crippen LogP contribution in [0, 0.1) is 5.92 Å². The number of halogens is 1. The molecule has 160 valence electrons. The van der Waals surface area contributed by atoms with Gasteiger partial charge in [0, 0.05) is 36.0 Å². The summed E-state index contributed by atoms with van der Waals surface area (Å²) in [6.07, 6.45) is 1.50. The van der Waals surface area contributed by atoms with Crippen LogP contribution in [0.4, 0.5) is 5.69 Å². The van der Waals surface area contributed by atoms with E-state index in [1.54, 1.807) is 23.1 Å². The number of benzene rings is 2. The molecule has 0 aliphatic carbocycles. The van der Waals surface area contributed by atoms with E-state index in [0.29, 0.717) is 29.4 Å². The summed E-state index contributed by atoms with van der Waals surface area (Å²) < 4.78 is 24.8. The summed E-state index contributed by atoms with van der Waals surface area (Å²) in [5.74, 6) is -1.35. The van der Waals surface area contributed by atoms with E-state index in [1.165, 1.54) is 30.3 Å². The maximum Gasteiger partial charge on any atom is 0.253 e. The lowest BCUT2D eigenvalue weighted by Gasteiger charge is -2.31. The second kappa shape index (κ2) is 9.59. The number of nitrogens with one attached hydrogen (secondary N) is 1. The minimum Gasteiger partial charge on any atom is -0.396 e. The number of nitrogens with zero attached hydrogens (tertiary/aromatic N) is 1. The summed E-state index contributed by atoms with van der Waals surface area (Å²) in [4.78, 5) is 26.7. The summed E-state index contributed by atoms with van der Waals surface area (Å²) >= 11 is 5.77. The number of sulfone groups is 1. The fraction of sp³-hybridized carbons (Fsp3) is 0.333. The van der Waals surface area contributed by atoms with Crippen molar-refractivity contribution in [2.75, 3.05) is 30.8 Å². The van der Waals surface area contributed by atoms with Crippen molar-refractivity contribution in [2.45, 2.75) is 17.7 Å². The number of amides is 2. The van der Waals surface area contributed by atoms with E-state index in [1.807, 2.05) is 0 Å². The predicted molar refractivity (Wildman–Crippen MR) is 114 cm³/mol. The van der Waals surface area contributed by atoms with Crippen molar-refractivity contribution >= 4 is 38.9 Å². The van der Waals surface area contributed by atoms with Crippen LogP contribution in [0.1, 0.15) is 23.2 Å². The molecule has 0 unspecified atom stereocenters. The highest BCUT2D eigenvalue weighted by molar-refractivity contribution is 7.92. The van der Waals surface area contributed by atoms with Gasteiger partial charge in [-0.3, -0.25) is 9.59 Å². The Labute approximate surface area is 180 Å². The van der Waals surface area contributed by atoms with Gasteiger partial charge >= 0.3 is 0 Å². The van der Waals surface area contributed by atoms with Crippen LogP contribution < -0.4 is 5.32 Å². The molecule has 3 rings (SSSR count). The van der Waals surface area contributed by atoms with Crippen LogP contribution in [0.15, 0.2) is 53.4 Å². The quantitative estimate of drug-likeness (QED) is 0.704. The molecule has 2 amide bonds. The largest absolute Gasteiger partial charge is 0.396 e. The summed E-state index contributed by atoms with van der Waals surface area (Å²) in [5.41, 5.74) is 0.762. The molecule has 2 aromatic carbocycles. The average molecular weight is 451 g/mol. The summed E-state index contributed by atoms with van der Waals surface area (Å²) in [6, 6.07) is 12.0. The molecule has 1 aliphatic rings. The van der Waals surface area contributed by atoms with Gasteiger partial charge in [0.1, 0.15) is 5.75 Å². The molecule has 0 atom stereocenters. The number of rotatable bonds is 6. The van der Waals surface area contributed by atoms with Gasteiger partial charge in [0.15, 0.2) is 9.84 Å². The summed E-state index contributed by atoms with van der Waals surface area (Å²) in [6.45, 7) is 1.27. The normalized spacial score (nSPS) is 15.1. The van der Waals surface area contributed by atoms with E-state index >= 15 is 0 Å². The SMILES string of the molecule is O=C(CS(=O)(=O)c1ccc(Cl)cc1)Nc1cccc(C(=O)N2CCC(CO)CC2)c1. The molecule has 0 radical (unpaired) electrons. The molecule has 1 saturated heterocycles. The van der Waals surface area contributed by atoms with Crippen molar-refractivity contribution in [3.8, 4) is 0 Å². The first-order chi connectivity index (χ1) is 14.3. The molecule has 1 aliphatic heterocycles. The lowest BCUT2D eigenvalue weighted by molar-refractivity contribution is -0.113. The third kappa shape index (κ3) is 5.59. The first-order valence-electron chi connectivity index (χ1n) is 9.57. The van der Waals surface area contributed by atoms with E-state index in [0.717, 1.165) is 12.8 Å². The molecular weight excluding hydrogens is 428 g/mol. The van der Waals surface area contributed by atoms with Gasteiger partial charge in [-0.15, -0.1) is 0 Å². The molecule has 1 fully saturated rings. The first-order valence-corrected chi connectivity index (χ1v) is 11.6. The Morgan fingerprint density at radius 3 is 2.40 bits per heavy atom. The third-order valence-corrected chi connectivity index (χ3v) is 6.93. The Morgan fingerprint density at radius 1 is 1.10 bits per heavy atom. The highest BCUT2D eigenvalue weighted by Crippen LogP contribution is 2.20. The molecule has 1 heterocycles. The smallest absolute Gasteiger partial charge is 0.253 e. The molecule has 30 heavy (non-hydrogen) atoms. The highest BCUT2D eigenvalue weighted by atomic mass is 35.5. The average Bonchev–Trinajstić information content (AvgIpc) is 2.73. The molecule has 0 spiro atoms. The van der Waals surface area contributed by atoms with Crippen molar-refractivity contribution < 1.29 is 23.1 Å². The van der Waals surface area contributed by atoms with E-state index in [2.05, 4.69) is 5.32 Å². The van der Waals surface area contributed by atoms with Crippen molar-refractivity contribution in [1.29, 1.82) is 0 Å². The molecule has 2 aromatic rings. The number of aliphatic hydroxyl groups is 1. The minimum atomic E-state index is -3.81. The number of carbonyl (C=O) groups excluding carboxylic acids is 2. The topological polar surface area (TPSA) is 104 Å². The van der Waals surface area contributed by atoms with Gasteiger partial charge in [-0.2, -0.15) is 0 Å². The van der Waals surface area contributed by atoms with Gasteiger partial charge in [-0.1, -0.05) is 17.7 Å². The fourth-order valence-corrected chi connectivity index (χ4v) is 4.59. The maximum atomic E-state index is 12.7. The Morgan fingerprint density at radius 2 is 1.77 bits per heavy atom. The van der Waals surface area contributed by atoms with Gasteiger partial charge in [0.2, 0.25) is 5.91 Å². The standard InChI is InChI=1S/C21H23ClN2O5S/c22-17-4-6-19(7-5-17)30(28,29)14-20(26)23-18-3-1-2-16(12-18)21(27)24-10-8-15(13-25)9-11-24/h1-7,12,15,25H,8-11,13-14H2,(H,23,26). The summed E-state index contributed by atoms with van der Waals surface area (Å²) in [7, 11) is -3.81. The van der Waals surface area contributed by atoms with Crippen molar-refractivity contribution in [3.63, 3.8) is 0 Å². The zero-order chi connectivity index (χ0) is 21.7. The van der Waals surface area contributed by atoms with Gasteiger partial charge in [0.25, 0.3) is 5.91 Å². The second-order valence-electron chi connectivity index (χ2n) is 7.26. The Kier molecular flexibility index (Phi) is 7.12. The number of aliphatic hydroxyl groups excluding tert-OH is 1. The van der Waals surface area contributed by atoms with Gasteiger partial charge in [0.05, 0.1) is 4.90 Å². The zero-order valence-electron chi connectivity index (χ0n) is 16.3. The molecular formula is C21H23ClN2O5S. The number of hydrogen-bond acceptors (Lipinski definition) is 5.